The highest BCUT2D eigenvalue weighted by Gasteiger charge is 2.37. The van der Waals surface area contributed by atoms with Crippen LogP contribution < -0.4 is 5.73 Å². The number of carbonyl (C=O) groups is 1. The van der Waals surface area contributed by atoms with Gasteiger partial charge >= 0.3 is 5.97 Å². The SMILES string of the molecule is COC(=O)C1=C(C)OC(N)=C(C#N)[C@H]1c1cc(Br)c(C)s1. The summed E-state index contributed by atoms with van der Waals surface area (Å²) in [6.45, 7) is 3.58. The van der Waals surface area contributed by atoms with Gasteiger partial charge in [-0.3, -0.25) is 0 Å². The second kappa shape index (κ2) is 5.92. The number of carbonyl (C=O) groups excluding carboxylic acids is 1. The van der Waals surface area contributed by atoms with Gasteiger partial charge in [0.1, 0.15) is 17.4 Å². The standard InChI is InChI=1S/C14H13BrN2O3S/c1-6-11(14(18)19-3)12(8(5-16)13(17)20-6)10-4-9(15)7(2)21-10/h4,12H,17H2,1-3H3/t12-/m0/s1. The number of nitrogens with zero attached hydrogens (tertiary/aromatic N) is 1. The molecule has 7 heteroatoms. The Labute approximate surface area is 134 Å². The summed E-state index contributed by atoms with van der Waals surface area (Å²) in [7, 11) is 1.29. The van der Waals surface area contributed by atoms with Crippen LogP contribution in [-0.4, -0.2) is 13.1 Å². The number of thiophene rings is 1. The van der Waals surface area contributed by atoms with Crippen molar-refractivity contribution in [3.8, 4) is 6.07 Å². The molecule has 2 heterocycles. The third-order valence-corrected chi connectivity index (χ3v) is 5.37. The fourth-order valence-corrected chi connectivity index (χ4v) is 3.85. The number of allylic oxidation sites excluding steroid dienone is 2. The minimum atomic E-state index is -0.564. The molecule has 0 saturated carbocycles. The summed E-state index contributed by atoms with van der Waals surface area (Å²) in [5.74, 6) is -0.716. The van der Waals surface area contributed by atoms with Crippen LogP contribution in [0.2, 0.25) is 0 Å². The van der Waals surface area contributed by atoms with Crippen LogP contribution in [0.15, 0.2) is 33.3 Å². The molecule has 21 heavy (non-hydrogen) atoms. The molecule has 0 unspecified atom stereocenters. The molecule has 2 rings (SSSR count). The monoisotopic (exact) mass is 368 g/mol. The molecule has 2 N–H and O–H groups in total. The zero-order valence-electron chi connectivity index (χ0n) is 11.7. The van der Waals surface area contributed by atoms with Crippen molar-refractivity contribution in [3.63, 3.8) is 0 Å². The predicted molar refractivity (Wildman–Crippen MR) is 82.1 cm³/mol. The van der Waals surface area contributed by atoms with Gasteiger partial charge in [-0.1, -0.05) is 0 Å². The lowest BCUT2D eigenvalue weighted by Gasteiger charge is -2.25. The molecule has 0 aliphatic carbocycles. The first-order valence-corrected chi connectivity index (χ1v) is 7.64. The van der Waals surface area contributed by atoms with E-state index in [0.717, 1.165) is 14.2 Å². The van der Waals surface area contributed by atoms with Crippen LogP contribution in [0, 0.1) is 18.3 Å². The number of aryl methyl sites for hydroxylation is 1. The summed E-state index contributed by atoms with van der Waals surface area (Å²) in [5.41, 5.74) is 6.32. The molecule has 0 saturated heterocycles. The van der Waals surface area contributed by atoms with Crippen molar-refractivity contribution in [3.05, 3.63) is 43.1 Å². The molecule has 1 aliphatic heterocycles. The molecule has 1 atom stereocenters. The molecule has 0 spiro atoms. The average Bonchev–Trinajstić information content (AvgIpc) is 2.77. The highest BCUT2D eigenvalue weighted by atomic mass is 79.9. The van der Waals surface area contributed by atoms with Crippen molar-refractivity contribution in [1.82, 2.24) is 0 Å². The molecule has 0 radical (unpaired) electrons. The van der Waals surface area contributed by atoms with Gasteiger partial charge in [0.05, 0.1) is 18.6 Å². The fraction of sp³-hybridized carbons (Fsp3) is 0.286. The molecular formula is C14H13BrN2O3S. The molecule has 5 nitrogen and oxygen atoms in total. The normalized spacial score (nSPS) is 18.3. The molecule has 110 valence electrons. The van der Waals surface area contributed by atoms with Crippen molar-refractivity contribution in [2.24, 2.45) is 5.73 Å². The number of nitrogens with two attached hydrogens (primary N) is 1. The summed E-state index contributed by atoms with van der Waals surface area (Å²) in [6.07, 6.45) is 0. The third kappa shape index (κ3) is 2.69. The number of methoxy groups -OCH3 is 1. The van der Waals surface area contributed by atoms with Gasteiger partial charge in [-0.2, -0.15) is 5.26 Å². The minimum absolute atomic E-state index is 0.0230. The van der Waals surface area contributed by atoms with E-state index in [4.69, 9.17) is 15.2 Å². The summed E-state index contributed by atoms with van der Waals surface area (Å²) in [6, 6.07) is 3.93. The van der Waals surface area contributed by atoms with Gasteiger partial charge in [0.25, 0.3) is 0 Å². The maximum absolute atomic E-state index is 12.1. The molecule has 1 aliphatic rings. The maximum Gasteiger partial charge on any atom is 0.338 e. The van der Waals surface area contributed by atoms with Crippen LogP contribution in [0.25, 0.3) is 0 Å². The highest BCUT2D eigenvalue weighted by Crippen LogP contribution is 2.43. The zero-order valence-corrected chi connectivity index (χ0v) is 14.1. The van der Waals surface area contributed by atoms with E-state index in [1.807, 2.05) is 19.1 Å². The van der Waals surface area contributed by atoms with Crippen molar-refractivity contribution in [1.29, 1.82) is 5.26 Å². The van der Waals surface area contributed by atoms with E-state index < -0.39 is 11.9 Å². The van der Waals surface area contributed by atoms with Crippen LogP contribution in [0.4, 0.5) is 0 Å². The number of esters is 1. The molecule has 0 fully saturated rings. The first kappa shape index (κ1) is 15.6. The third-order valence-electron chi connectivity index (χ3n) is 3.17. The average molecular weight is 369 g/mol. The Bertz CT molecular complexity index is 693. The molecule has 1 aromatic heterocycles. The predicted octanol–water partition coefficient (Wildman–Crippen LogP) is 3.07. The van der Waals surface area contributed by atoms with Gasteiger partial charge in [0, 0.05) is 14.2 Å². The van der Waals surface area contributed by atoms with E-state index in [9.17, 15) is 10.1 Å². The van der Waals surface area contributed by atoms with E-state index in [0.29, 0.717) is 11.3 Å². The van der Waals surface area contributed by atoms with Crippen molar-refractivity contribution in [2.75, 3.05) is 7.11 Å². The molecule has 0 amide bonds. The Morgan fingerprint density at radius 2 is 2.24 bits per heavy atom. The summed E-state index contributed by atoms with van der Waals surface area (Å²) in [4.78, 5) is 14.0. The Morgan fingerprint density at radius 3 is 2.71 bits per heavy atom. The van der Waals surface area contributed by atoms with Crippen molar-refractivity contribution in [2.45, 2.75) is 19.8 Å². The lowest BCUT2D eigenvalue weighted by atomic mass is 9.87. The lowest BCUT2D eigenvalue weighted by Crippen LogP contribution is -2.24. The van der Waals surface area contributed by atoms with Gasteiger partial charge in [-0.05, 0) is 35.8 Å². The van der Waals surface area contributed by atoms with E-state index in [2.05, 4.69) is 15.9 Å². The largest absolute Gasteiger partial charge is 0.466 e. The number of nitriles is 1. The second-order valence-electron chi connectivity index (χ2n) is 4.44. The zero-order chi connectivity index (χ0) is 15.7. The van der Waals surface area contributed by atoms with Gasteiger partial charge in [-0.25, -0.2) is 4.79 Å². The van der Waals surface area contributed by atoms with Crippen LogP contribution >= 0.6 is 27.3 Å². The second-order valence-corrected chi connectivity index (χ2v) is 6.58. The minimum Gasteiger partial charge on any atom is -0.466 e. The van der Waals surface area contributed by atoms with Crippen molar-refractivity contribution >= 4 is 33.2 Å². The van der Waals surface area contributed by atoms with Gasteiger partial charge in [-0.15, -0.1) is 11.3 Å². The summed E-state index contributed by atoms with van der Waals surface area (Å²) in [5, 5.41) is 9.38. The number of ether oxygens (including phenoxy) is 2. The van der Waals surface area contributed by atoms with E-state index >= 15 is 0 Å². The molecule has 0 bridgehead atoms. The first-order valence-electron chi connectivity index (χ1n) is 6.03. The van der Waals surface area contributed by atoms with Gasteiger partial charge in [0.2, 0.25) is 5.88 Å². The van der Waals surface area contributed by atoms with E-state index in [1.165, 1.54) is 18.4 Å². The van der Waals surface area contributed by atoms with Crippen LogP contribution in [-0.2, 0) is 14.3 Å². The Hall–Kier alpha value is -1.78. The molecular weight excluding hydrogens is 356 g/mol. The Morgan fingerprint density at radius 1 is 1.57 bits per heavy atom. The smallest absolute Gasteiger partial charge is 0.338 e. The number of halogens is 1. The highest BCUT2D eigenvalue weighted by molar-refractivity contribution is 9.10. The van der Waals surface area contributed by atoms with Gasteiger partial charge in [0.15, 0.2) is 0 Å². The van der Waals surface area contributed by atoms with Gasteiger partial charge < -0.3 is 15.2 Å². The number of hydrogen-bond acceptors (Lipinski definition) is 6. The van der Waals surface area contributed by atoms with Crippen molar-refractivity contribution < 1.29 is 14.3 Å². The molecule has 1 aromatic rings. The lowest BCUT2D eigenvalue weighted by molar-refractivity contribution is -0.136. The Balaban J connectivity index is 2.66. The quantitative estimate of drug-likeness (QED) is 0.810. The maximum atomic E-state index is 12.1. The summed E-state index contributed by atoms with van der Waals surface area (Å²) < 4.78 is 11.1. The summed E-state index contributed by atoms with van der Waals surface area (Å²) >= 11 is 4.94. The van der Waals surface area contributed by atoms with Crippen LogP contribution in [0.1, 0.15) is 22.6 Å². The fourth-order valence-electron chi connectivity index (χ4n) is 2.16. The van der Waals surface area contributed by atoms with Crippen LogP contribution in [0.5, 0.6) is 0 Å². The first-order chi connectivity index (χ1) is 9.90. The number of hydrogen-bond donors (Lipinski definition) is 1. The number of rotatable bonds is 2. The Kier molecular flexibility index (Phi) is 4.40. The molecule has 0 aromatic carbocycles. The van der Waals surface area contributed by atoms with E-state index in [1.54, 1.807) is 6.92 Å². The topological polar surface area (TPSA) is 85.3 Å². The van der Waals surface area contributed by atoms with E-state index in [-0.39, 0.29) is 11.5 Å². The van der Waals surface area contributed by atoms with Crippen LogP contribution in [0.3, 0.4) is 0 Å².